The van der Waals surface area contributed by atoms with Crippen LogP contribution >= 0.6 is 0 Å². The highest BCUT2D eigenvalue weighted by Crippen LogP contribution is 2.37. The molecule has 2 rings (SSSR count). The molecule has 0 aliphatic heterocycles. The summed E-state index contributed by atoms with van der Waals surface area (Å²) in [7, 11) is 0. The SMILES string of the molecule is CC1(CO)CCCC1NC(=O)Nc1cccc(F)c1. The number of hydrogen-bond acceptors (Lipinski definition) is 2. The van der Waals surface area contributed by atoms with Gasteiger partial charge in [-0.05, 0) is 31.0 Å². The summed E-state index contributed by atoms with van der Waals surface area (Å²) in [6.45, 7) is 2.02. The van der Waals surface area contributed by atoms with E-state index in [-0.39, 0.29) is 29.9 Å². The van der Waals surface area contributed by atoms with E-state index in [2.05, 4.69) is 10.6 Å². The predicted molar refractivity (Wildman–Crippen MR) is 71.4 cm³/mol. The first-order chi connectivity index (χ1) is 9.03. The molecule has 3 N–H and O–H groups in total. The lowest BCUT2D eigenvalue weighted by molar-refractivity contribution is 0.122. The number of nitrogens with one attached hydrogen (secondary N) is 2. The fraction of sp³-hybridized carbons (Fsp3) is 0.500. The van der Waals surface area contributed by atoms with Gasteiger partial charge in [-0.2, -0.15) is 0 Å². The molecule has 0 bridgehead atoms. The van der Waals surface area contributed by atoms with Gasteiger partial charge in [-0.3, -0.25) is 0 Å². The Bertz CT molecular complexity index is 467. The standard InChI is InChI=1S/C14H19FN2O2/c1-14(9-18)7-3-6-12(14)17-13(19)16-11-5-2-4-10(15)8-11/h2,4-5,8,12,18H,3,6-7,9H2,1H3,(H2,16,17,19). The number of amides is 2. The Labute approximate surface area is 112 Å². The van der Waals surface area contributed by atoms with Crippen LogP contribution in [0.4, 0.5) is 14.9 Å². The van der Waals surface area contributed by atoms with Crippen LogP contribution < -0.4 is 10.6 Å². The Morgan fingerprint density at radius 2 is 2.37 bits per heavy atom. The highest BCUT2D eigenvalue weighted by atomic mass is 19.1. The number of aliphatic hydroxyl groups is 1. The van der Waals surface area contributed by atoms with Crippen molar-refractivity contribution in [1.82, 2.24) is 5.32 Å². The lowest BCUT2D eigenvalue weighted by Gasteiger charge is -2.30. The van der Waals surface area contributed by atoms with Crippen molar-refractivity contribution >= 4 is 11.7 Å². The third-order valence-electron chi connectivity index (χ3n) is 3.83. The van der Waals surface area contributed by atoms with Crippen molar-refractivity contribution in [2.24, 2.45) is 5.41 Å². The summed E-state index contributed by atoms with van der Waals surface area (Å²) in [4.78, 5) is 11.9. The van der Waals surface area contributed by atoms with Gasteiger partial charge in [-0.15, -0.1) is 0 Å². The highest BCUT2D eigenvalue weighted by molar-refractivity contribution is 5.89. The minimum atomic E-state index is -0.390. The molecule has 0 radical (unpaired) electrons. The van der Waals surface area contributed by atoms with E-state index in [0.29, 0.717) is 5.69 Å². The van der Waals surface area contributed by atoms with Gasteiger partial charge in [0.15, 0.2) is 0 Å². The largest absolute Gasteiger partial charge is 0.396 e. The van der Waals surface area contributed by atoms with Gasteiger partial charge < -0.3 is 15.7 Å². The molecule has 104 valence electrons. The van der Waals surface area contributed by atoms with Gasteiger partial charge in [0.1, 0.15) is 5.82 Å². The first kappa shape index (κ1) is 13.8. The molecule has 2 amide bonds. The van der Waals surface area contributed by atoms with E-state index in [9.17, 15) is 14.3 Å². The summed E-state index contributed by atoms with van der Waals surface area (Å²) in [5.74, 6) is -0.390. The van der Waals surface area contributed by atoms with Crippen molar-refractivity contribution in [3.05, 3.63) is 30.1 Å². The summed E-state index contributed by atoms with van der Waals surface area (Å²) < 4.78 is 13.0. The summed E-state index contributed by atoms with van der Waals surface area (Å²) in [5.41, 5.74) is 0.153. The molecule has 0 spiro atoms. The number of carbonyl (C=O) groups is 1. The van der Waals surface area contributed by atoms with E-state index in [1.165, 1.54) is 12.1 Å². The first-order valence-electron chi connectivity index (χ1n) is 6.47. The van der Waals surface area contributed by atoms with Crippen LogP contribution in [-0.4, -0.2) is 23.8 Å². The minimum absolute atomic E-state index is 0.0499. The Hall–Kier alpha value is -1.62. The summed E-state index contributed by atoms with van der Waals surface area (Å²) >= 11 is 0. The summed E-state index contributed by atoms with van der Waals surface area (Å²) in [5, 5.41) is 14.9. The average Bonchev–Trinajstić information content (AvgIpc) is 2.71. The molecule has 4 nitrogen and oxygen atoms in total. The molecule has 19 heavy (non-hydrogen) atoms. The number of aliphatic hydroxyl groups excluding tert-OH is 1. The second-order valence-corrected chi connectivity index (χ2v) is 5.37. The van der Waals surface area contributed by atoms with Crippen molar-refractivity contribution in [2.75, 3.05) is 11.9 Å². The first-order valence-corrected chi connectivity index (χ1v) is 6.47. The molecule has 2 atom stereocenters. The summed E-state index contributed by atoms with van der Waals surface area (Å²) in [6, 6.07) is 5.34. The van der Waals surface area contributed by atoms with E-state index < -0.39 is 0 Å². The maximum Gasteiger partial charge on any atom is 0.319 e. The number of halogens is 1. The molecule has 1 aromatic rings. The third kappa shape index (κ3) is 3.23. The highest BCUT2D eigenvalue weighted by Gasteiger charge is 2.39. The molecule has 0 aromatic heterocycles. The van der Waals surface area contributed by atoms with Gasteiger partial charge in [0.25, 0.3) is 0 Å². The van der Waals surface area contributed by atoms with Crippen LogP contribution in [0.5, 0.6) is 0 Å². The molecule has 5 heteroatoms. The lowest BCUT2D eigenvalue weighted by atomic mass is 9.86. The number of urea groups is 1. The van der Waals surface area contributed by atoms with Crippen LogP contribution in [0.25, 0.3) is 0 Å². The Kier molecular flexibility index (Phi) is 4.04. The van der Waals surface area contributed by atoms with E-state index >= 15 is 0 Å². The van der Waals surface area contributed by atoms with Crippen LogP contribution in [0, 0.1) is 11.2 Å². The fourth-order valence-corrected chi connectivity index (χ4v) is 2.56. The predicted octanol–water partition coefficient (Wildman–Crippen LogP) is 2.50. The normalized spacial score (nSPS) is 26.2. The van der Waals surface area contributed by atoms with Gasteiger partial charge in [0.2, 0.25) is 0 Å². The Morgan fingerprint density at radius 3 is 3.05 bits per heavy atom. The van der Waals surface area contributed by atoms with Crippen LogP contribution in [0.1, 0.15) is 26.2 Å². The maximum absolute atomic E-state index is 13.0. The quantitative estimate of drug-likeness (QED) is 0.787. The molecule has 1 aromatic carbocycles. The molecule has 0 saturated heterocycles. The average molecular weight is 266 g/mol. The van der Waals surface area contributed by atoms with Gasteiger partial charge in [0.05, 0.1) is 6.61 Å². The maximum atomic E-state index is 13.0. The van der Waals surface area contributed by atoms with Gasteiger partial charge in [-0.1, -0.05) is 19.4 Å². The van der Waals surface area contributed by atoms with Crippen molar-refractivity contribution in [2.45, 2.75) is 32.2 Å². The number of benzene rings is 1. The van der Waals surface area contributed by atoms with Crippen molar-refractivity contribution in [1.29, 1.82) is 0 Å². The Balaban J connectivity index is 1.95. The smallest absolute Gasteiger partial charge is 0.319 e. The molecule has 2 unspecified atom stereocenters. The van der Waals surface area contributed by atoms with Crippen molar-refractivity contribution in [3.8, 4) is 0 Å². The second kappa shape index (κ2) is 5.57. The Morgan fingerprint density at radius 1 is 1.58 bits per heavy atom. The van der Waals surface area contributed by atoms with Crippen molar-refractivity contribution in [3.63, 3.8) is 0 Å². The number of hydrogen-bond donors (Lipinski definition) is 3. The number of carbonyl (C=O) groups excluding carboxylic acids is 1. The van der Waals surface area contributed by atoms with E-state index in [1.54, 1.807) is 12.1 Å². The number of rotatable bonds is 3. The van der Waals surface area contributed by atoms with E-state index in [1.807, 2.05) is 6.92 Å². The zero-order valence-corrected chi connectivity index (χ0v) is 10.9. The molecule has 1 aliphatic carbocycles. The topological polar surface area (TPSA) is 61.4 Å². The molecule has 0 heterocycles. The summed E-state index contributed by atoms with van der Waals surface area (Å²) in [6.07, 6.45) is 2.74. The van der Waals surface area contributed by atoms with Gasteiger partial charge in [-0.25, -0.2) is 9.18 Å². The van der Waals surface area contributed by atoms with E-state index in [4.69, 9.17) is 0 Å². The molecule has 1 fully saturated rings. The van der Waals surface area contributed by atoms with Crippen LogP contribution in [0.3, 0.4) is 0 Å². The minimum Gasteiger partial charge on any atom is -0.396 e. The second-order valence-electron chi connectivity index (χ2n) is 5.37. The zero-order valence-electron chi connectivity index (χ0n) is 10.9. The molecular formula is C14H19FN2O2. The van der Waals surface area contributed by atoms with Crippen LogP contribution in [0.15, 0.2) is 24.3 Å². The van der Waals surface area contributed by atoms with Gasteiger partial charge in [0, 0.05) is 17.1 Å². The van der Waals surface area contributed by atoms with Crippen LogP contribution in [-0.2, 0) is 0 Å². The third-order valence-corrected chi connectivity index (χ3v) is 3.83. The number of anilines is 1. The molecule has 1 saturated carbocycles. The van der Waals surface area contributed by atoms with Gasteiger partial charge >= 0.3 is 6.03 Å². The lowest BCUT2D eigenvalue weighted by Crippen LogP contribution is -2.46. The fourth-order valence-electron chi connectivity index (χ4n) is 2.56. The monoisotopic (exact) mass is 266 g/mol. The van der Waals surface area contributed by atoms with E-state index in [0.717, 1.165) is 19.3 Å². The van der Waals surface area contributed by atoms with Crippen molar-refractivity contribution < 1.29 is 14.3 Å². The zero-order chi connectivity index (χ0) is 13.9. The molecule has 1 aliphatic rings. The van der Waals surface area contributed by atoms with Crippen LogP contribution in [0.2, 0.25) is 0 Å². The molecular weight excluding hydrogens is 247 g/mol.